The lowest BCUT2D eigenvalue weighted by Crippen LogP contribution is -2.43. The first-order valence-corrected chi connectivity index (χ1v) is 8.11. The van der Waals surface area contributed by atoms with E-state index in [0.29, 0.717) is 6.04 Å². The molecule has 1 aliphatic rings. The molecule has 0 aromatic heterocycles. The molecular formula is C18H27N3. The van der Waals surface area contributed by atoms with E-state index in [2.05, 4.69) is 23.2 Å². The zero-order chi connectivity index (χ0) is 15.1. The number of rotatable bonds is 5. The van der Waals surface area contributed by atoms with Crippen LogP contribution in [0.5, 0.6) is 0 Å². The summed E-state index contributed by atoms with van der Waals surface area (Å²) in [7, 11) is 1.89. The SMILES string of the molecule is CNC(C#N)(CCN1CCCCCC1C)c1ccccc1. The van der Waals surface area contributed by atoms with E-state index >= 15 is 0 Å². The third kappa shape index (κ3) is 3.84. The fourth-order valence-electron chi connectivity index (χ4n) is 3.29. The monoisotopic (exact) mass is 285 g/mol. The van der Waals surface area contributed by atoms with Gasteiger partial charge in [0.25, 0.3) is 0 Å². The van der Waals surface area contributed by atoms with Crippen molar-refractivity contribution in [3.05, 3.63) is 35.9 Å². The zero-order valence-corrected chi connectivity index (χ0v) is 13.3. The molecule has 1 aromatic carbocycles. The van der Waals surface area contributed by atoms with Gasteiger partial charge in [-0.2, -0.15) is 5.26 Å². The van der Waals surface area contributed by atoms with Crippen molar-refractivity contribution < 1.29 is 0 Å². The number of benzene rings is 1. The van der Waals surface area contributed by atoms with Crippen LogP contribution in [0, 0.1) is 11.3 Å². The lowest BCUT2D eigenvalue weighted by molar-refractivity contribution is 0.193. The molecule has 0 saturated carbocycles. The molecule has 114 valence electrons. The van der Waals surface area contributed by atoms with Crippen LogP contribution in [0.3, 0.4) is 0 Å². The zero-order valence-electron chi connectivity index (χ0n) is 13.3. The molecule has 1 fully saturated rings. The van der Waals surface area contributed by atoms with Crippen LogP contribution in [0.1, 0.15) is 44.6 Å². The number of nitrogens with one attached hydrogen (secondary N) is 1. The molecule has 3 nitrogen and oxygen atoms in total. The fraction of sp³-hybridized carbons (Fsp3) is 0.611. The van der Waals surface area contributed by atoms with Crippen molar-refractivity contribution in [3.63, 3.8) is 0 Å². The first-order chi connectivity index (χ1) is 10.2. The van der Waals surface area contributed by atoms with Gasteiger partial charge in [-0.05, 0) is 45.3 Å². The fourth-order valence-corrected chi connectivity index (χ4v) is 3.29. The second-order valence-electron chi connectivity index (χ2n) is 6.12. The van der Waals surface area contributed by atoms with Crippen molar-refractivity contribution in [2.45, 2.75) is 50.6 Å². The topological polar surface area (TPSA) is 39.1 Å². The smallest absolute Gasteiger partial charge is 0.133 e. The number of hydrogen-bond acceptors (Lipinski definition) is 3. The first kappa shape index (κ1) is 16.0. The average molecular weight is 285 g/mol. The van der Waals surface area contributed by atoms with Crippen molar-refractivity contribution in [3.8, 4) is 6.07 Å². The largest absolute Gasteiger partial charge is 0.301 e. The molecule has 2 atom stereocenters. The van der Waals surface area contributed by atoms with Gasteiger partial charge in [0.1, 0.15) is 5.54 Å². The van der Waals surface area contributed by atoms with Gasteiger partial charge >= 0.3 is 0 Å². The van der Waals surface area contributed by atoms with E-state index in [0.717, 1.165) is 18.5 Å². The highest BCUT2D eigenvalue weighted by molar-refractivity contribution is 5.31. The Kier molecular flexibility index (Phi) is 5.78. The Morgan fingerprint density at radius 1 is 1.29 bits per heavy atom. The Balaban J connectivity index is 2.08. The van der Waals surface area contributed by atoms with Crippen LogP contribution in [0.15, 0.2) is 30.3 Å². The lowest BCUT2D eigenvalue weighted by atomic mass is 9.88. The van der Waals surface area contributed by atoms with Crippen molar-refractivity contribution in [1.82, 2.24) is 10.2 Å². The molecule has 21 heavy (non-hydrogen) atoms. The van der Waals surface area contributed by atoms with Crippen molar-refractivity contribution in [2.24, 2.45) is 0 Å². The predicted molar refractivity (Wildman–Crippen MR) is 86.9 cm³/mol. The summed E-state index contributed by atoms with van der Waals surface area (Å²) >= 11 is 0. The van der Waals surface area contributed by atoms with Gasteiger partial charge in [-0.25, -0.2) is 0 Å². The van der Waals surface area contributed by atoms with Crippen molar-refractivity contribution in [1.29, 1.82) is 5.26 Å². The maximum Gasteiger partial charge on any atom is 0.133 e. The second-order valence-corrected chi connectivity index (χ2v) is 6.12. The van der Waals surface area contributed by atoms with Gasteiger partial charge in [0.2, 0.25) is 0 Å². The summed E-state index contributed by atoms with van der Waals surface area (Å²) in [6.07, 6.45) is 6.08. The van der Waals surface area contributed by atoms with Gasteiger partial charge in [0.05, 0.1) is 6.07 Å². The molecule has 0 aliphatic carbocycles. The number of nitriles is 1. The molecule has 1 aliphatic heterocycles. The highest BCUT2D eigenvalue weighted by atomic mass is 15.2. The minimum Gasteiger partial charge on any atom is -0.301 e. The lowest BCUT2D eigenvalue weighted by Gasteiger charge is -2.32. The van der Waals surface area contributed by atoms with Crippen LogP contribution >= 0.6 is 0 Å². The maximum atomic E-state index is 9.75. The third-order valence-electron chi connectivity index (χ3n) is 4.85. The second kappa shape index (κ2) is 7.59. The van der Waals surface area contributed by atoms with E-state index in [-0.39, 0.29) is 0 Å². The Morgan fingerprint density at radius 3 is 2.71 bits per heavy atom. The quantitative estimate of drug-likeness (QED) is 0.902. The highest BCUT2D eigenvalue weighted by Gasteiger charge is 2.31. The Hall–Kier alpha value is -1.37. The summed E-state index contributed by atoms with van der Waals surface area (Å²) in [5, 5.41) is 13.0. The van der Waals surface area contributed by atoms with Gasteiger partial charge in [-0.3, -0.25) is 5.32 Å². The van der Waals surface area contributed by atoms with E-state index in [1.165, 1.54) is 32.2 Å². The van der Waals surface area contributed by atoms with Gasteiger partial charge in [0.15, 0.2) is 0 Å². The molecule has 0 amide bonds. The first-order valence-electron chi connectivity index (χ1n) is 8.11. The molecule has 0 radical (unpaired) electrons. The normalized spacial score (nSPS) is 23.0. The Morgan fingerprint density at radius 2 is 2.05 bits per heavy atom. The molecule has 1 N–H and O–H groups in total. The molecule has 2 unspecified atom stereocenters. The molecule has 3 heteroatoms. The summed E-state index contributed by atoms with van der Waals surface area (Å²) in [4.78, 5) is 2.55. The van der Waals surface area contributed by atoms with Crippen LogP contribution < -0.4 is 5.32 Å². The van der Waals surface area contributed by atoms with Crippen LogP contribution in [0.2, 0.25) is 0 Å². The maximum absolute atomic E-state index is 9.75. The summed E-state index contributed by atoms with van der Waals surface area (Å²) < 4.78 is 0. The van der Waals surface area contributed by atoms with Gasteiger partial charge in [0, 0.05) is 12.6 Å². The van der Waals surface area contributed by atoms with Crippen LogP contribution in [0.4, 0.5) is 0 Å². The minimum absolute atomic E-state index is 0.576. The van der Waals surface area contributed by atoms with Gasteiger partial charge in [-0.1, -0.05) is 43.2 Å². The molecule has 1 heterocycles. The molecule has 0 bridgehead atoms. The summed E-state index contributed by atoms with van der Waals surface area (Å²) in [6.45, 7) is 4.47. The van der Waals surface area contributed by atoms with E-state index in [4.69, 9.17) is 0 Å². The highest BCUT2D eigenvalue weighted by Crippen LogP contribution is 2.26. The molecule has 1 aromatic rings. The summed E-state index contributed by atoms with van der Waals surface area (Å²) in [5.74, 6) is 0. The number of hydrogen-bond donors (Lipinski definition) is 1. The average Bonchev–Trinajstić information content (AvgIpc) is 2.74. The molecule has 1 saturated heterocycles. The number of nitrogens with zero attached hydrogens (tertiary/aromatic N) is 2. The molecular weight excluding hydrogens is 258 g/mol. The third-order valence-corrected chi connectivity index (χ3v) is 4.85. The Bertz CT molecular complexity index is 465. The summed E-state index contributed by atoms with van der Waals surface area (Å²) in [6, 6.07) is 13.3. The van der Waals surface area contributed by atoms with Crippen LogP contribution in [-0.2, 0) is 5.54 Å². The van der Waals surface area contributed by atoms with Crippen LogP contribution in [-0.4, -0.2) is 31.1 Å². The number of likely N-dealkylation sites (tertiary alicyclic amines) is 1. The standard InChI is InChI=1S/C18H27N3/c1-16-9-5-4-8-13-21(16)14-12-18(15-19,20-2)17-10-6-3-7-11-17/h3,6-7,10-11,16,20H,4-5,8-9,12-14H2,1-2H3. The Labute approximate surface area is 129 Å². The summed E-state index contributed by atoms with van der Waals surface area (Å²) in [5.41, 5.74) is 0.491. The van der Waals surface area contributed by atoms with Gasteiger partial charge in [-0.15, -0.1) is 0 Å². The minimum atomic E-state index is -0.576. The van der Waals surface area contributed by atoms with E-state index in [9.17, 15) is 5.26 Å². The van der Waals surface area contributed by atoms with Crippen molar-refractivity contribution in [2.75, 3.05) is 20.1 Å². The van der Waals surface area contributed by atoms with E-state index in [1.54, 1.807) is 0 Å². The van der Waals surface area contributed by atoms with E-state index < -0.39 is 5.54 Å². The van der Waals surface area contributed by atoms with E-state index in [1.807, 2.05) is 37.4 Å². The van der Waals surface area contributed by atoms with Crippen molar-refractivity contribution >= 4 is 0 Å². The molecule has 2 rings (SSSR count). The molecule has 0 spiro atoms. The van der Waals surface area contributed by atoms with Crippen LogP contribution in [0.25, 0.3) is 0 Å². The van der Waals surface area contributed by atoms with Gasteiger partial charge < -0.3 is 4.90 Å². The predicted octanol–water partition coefficient (Wildman–Crippen LogP) is 3.28.